The van der Waals surface area contributed by atoms with Crippen molar-refractivity contribution in [1.82, 2.24) is 5.32 Å². The van der Waals surface area contributed by atoms with Crippen molar-refractivity contribution in [2.45, 2.75) is 6.42 Å². The van der Waals surface area contributed by atoms with Crippen molar-refractivity contribution in [3.05, 3.63) is 53.6 Å². The number of hydrogen-bond acceptors (Lipinski definition) is 6. The molecule has 0 unspecified atom stereocenters. The Hall–Kier alpha value is -3.68. The lowest BCUT2D eigenvalue weighted by Gasteiger charge is -2.18. The number of methoxy groups -OCH3 is 1. The third-order valence-electron chi connectivity index (χ3n) is 4.30. The van der Waals surface area contributed by atoms with Crippen LogP contribution in [0.2, 0.25) is 0 Å². The normalized spacial score (nSPS) is 12.4. The molecule has 0 saturated heterocycles. The molecule has 0 fully saturated rings. The van der Waals surface area contributed by atoms with E-state index in [2.05, 4.69) is 5.32 Å². The highest BCUT2D eigenvalue weighted by atomic mass is 16.6. The van der Waals surface area contributed by atoms with Crippen molar-refractivity contribution in [3.8, 4) is 23.0 Å². The van der Waals surface area contributed by atoms with E-state index in [9.17, 15) is 9.59 Å². The minimum Gasteiger partial charge on any atom is -0.493 e. The van der Waals surface area contributed by atoms with Crippen molar-refractivity contribution in [2.75, 3.05) is 33.5 Å². The lowest BCUT2D eigenvalue weighted by molar-refractivity contribution is -0.120. The molecule has 8 heteroatoms. The number of carbonyl (C=O) groups is 2. The number of hydrogen-bond donors (Lipinski definition) is 2. The molecule has 1 heterocycles. The Labute approximate surface area is 174 Å². The van der Waals surface area contributed by atoms with Crippen LogP contribution in [0.4, 0.5) is 0 Å². The van der Waals surface area contributed by atoms with Crippen molar-refractivity contribution < 1.29 is 28.5 Å². The van der Waals surface area contributed by atoms with Gasteiger partial charge in [0.15, 0.2) is 29.6 Å². The molecule has 1 aliphatic rings. The van der Waals surface area contributed by atoms with Crippen LogP contribution in [0.3, 0.4) is 0 Å². The van der Waals surface area contributed by atoms with Gasteiger partial charge >= 0.3 is 0 Å². The Morgan fingerprint density at radius 2 is 1.90 bits per heavy atom. The third-order valence-corrected chi connectivity index (χ3v) is 4.30. The molecule has 0 spiro atoms. The maximum Gasteiger partial charge on any atom is 0.255 e. The smallest absolute Gasteiger partial charge is 0.255 e. The predicted octanol–water partition coefficient (Wildman–Crippen LogP) is 1.70. The number of amides is 2. The van der Waals surface area contributed by atoms with Gasteiger partial charge in [-0.3, -0.25) is 9.59 Å². The summed E-state index contributed by atoms with van der Waals surface area (Å²) in [6.45, 7) is 1.36. The van der Waals surface area contributed by atoms with E-state index in [1.54, 1.807) is 24.3 Å². The molecule has 0 bridgehead atoms. The molecule has 0 radical (unpaired) electrons. The first-order valence-corrected chi connectivity index (χ1v) is 9.49. The van der Waals surface area contributed by atoms with E-state index in [1.807, 2.05) is 18.2 Å². The van der Waals surface area contributed by atoms with Gasteiger partial charge in [-0.1, -0.05) is 12.1 Å². The fourth-order valence-corrected chi connectivity index (χ4v) is 2.86. The summed E-state index contributed by atoms with van der Waals surface area (Å²) in [6, 6.07) is 10.9. The summed E-state index contributed by atoms with van der Waals surface area (Å²) < 4.78 is 21.6. The maximum absolute atomic E-state index is 12.1. The fraction of sp³-hybridized carbons (Fsp3) is 0.273. The van der Waals surface area contributed by atoms with E-state index in [0.29, 0.717) is 37.7 Å². The number of fused-ring (bicyclic) bond motifs is 1. The number of nitrogens with two attached hydrogens (primary N) is 1. The van der Waals surface area contributed by atoms with E-state index in [-0.39, 0.29) is 12.5 Å². The Morgan fingerprint density at radius 1 is 1.10 bits per heavy atom. The highest BCUT2D eigenvalue weighted by Gasteiger charge is 2.11. The highest BCUT2D eigenvalue weighted by Crippen LogP contribution is 2.31. The summed E-state index contributed by atoms with van der Waals surface area (Å²) in [4.78, 5) is 22.9. The van der Waals surface area contributed by atoms with Crippen LogP contribution in [0.15, 0.2) is 42.5 Å². The van der Waals surface area contributed by atoms with Crippen molar-refractivity contribution >= 4 is 17.9 Å². The van der Waals surface area contributed by atoms with Gasteiger partial charge in [0.05, 0.1) is 7.11 Å². The lowest BCUT2D eigenvalue weighted by atomic mass is 10.1. The predicted molar refractivity (Wildman–Crippen MR) is 111 cm³/mol. The quantitative estimate of drug-likeness (QED) is 0.607. The van der Waals surface area contributed by atoms with E-state index in [1.165, 1.54) is 13.2 Å². The van der Waals surface area contributed by atoms with Crippen LogP contribution in [0.1, 0.15) is 11.1 Å². The van der Waals surface area contributed by atoms with Gasteiger partial charge in [0, 0.05) is 12.6 Å². The zero-order valence-corrected chi connectivity index (χ0v) is 16.7. The SMILES string of the molecule is COc1cc(/C=C/C(=O)NCCc2ccc3c(c2)OCCO3)ccc1OCC(N)=O. The van der Waals surface area contributed by atoms with Crippen LogP contribution >= 0.6 is 0 Å². The van der Waals surface area contributed by atoms with E-state index >= 15 is 0 Å². The lowest BCUT2D eigenvalue weighted by Crippen LogP contribution is -2.23. The van der Waals surface area contributed by atoms with Gasteiger partial charge in [0.25, 0.3) is 5.91 Å². The molecule has 0 aliphatic carbocycles. The topological polar surface area (TPSA) is 109 Å². The van der Waals surface area contributed by atoms with Crippen molar-refractivity contribution in [1.29, 1.82) is 0 Å². The van der Waals surface area contributed by atoms with Crippen LogP contribution in [-0.2, 0) is 16.0 Å². The standard InChI is InChI=1S/C22H24N2O6/c1-27-19-12-15(2-5-17(19)30-14-21(23)25)4-7-22(26)24-9-8-16-3-6-18-20(13-16)29-11-10-28-18/h2-7,12-13H,8-11,14H2,1H3,(H2,23,25)(H,24,26)/b7-4+. The van der Waals surface area contributed by atoms with Gasteiger partial charge in [-0.2, -0.15) is 0 Å². The van der Waals surface area contributed by atoms with Gasteiger partial charge in [0.2, 0.25) is 5.91 Å². The molecular formula is C22H24N2O6. The van der Waals surface area contributed by atoms with Gasteiger partial charge < -0.3 is 30.0 Å². The number of carbonyl (C=O) groups excluding carboxylic acids is 2. The van der Waals surface area contributed by atoms with Crippen LogP contribution in [0.25, 0.3) is 6.08 Å². The molecule has 2 amide bonds. The van der Waals surface area contributed by atoms with E-state index in [0.717, 1.165) is 22.6 Å². The van der Waals surface area contributed by atoms with Gasteiger partial charge in [-0.15, -0.1) is 0 Å². The fourth-order valence-electron chi connectivity index (χ4n) is 2.86. The first-order chi connectivity index (χ1) is 14.5. The largest absolute Gasteiger partial charge is 0.493 e. The monoisotopic (exact) mass is 412 g/mol. The molecule has 2 aromatic rings. The minimum atomic E-state index is -0.575. The minimum absolute atomic E-state index is 0.208. The molecular weight excluding hydrogens is 388 g/mol. The maximum atomic E-state index is 12.1. The molecule has 8 nitrogen and oxygen atoms in total. The van der Waals surface area contributed by atoms with Gasteiger partial charge in [-0.05, 0) is 47.9 Å². The Bertz CT molecular complexity index is 941. The average molecular weight is 412 g/mol. The summed E-state index contributed by atoms with van der Waals surface area (Å²) in [7, 11) is 1.49. The number of primary amides is 1. The second-order valence-electron chi connectivity index (χ2n) is 6.52. The second kappa shape index (κ2) is 10.2. The number of ether oxygens (including phenoxy) is 4. The Morgan fingerprint density at radius 3 is 2.67 bits per heavy atom. The summed E-state index contributed by atoms with van der Waals surface area (Å²) in [5.74, 6) is 1.55. The first-order valence-electron chi connectivity index (χ1n) is 9.49. The van der Waals surface area contributed by atoms with Crippen LogP contribution < -0.4 is 30.0 Å². The molecule has 0 aromatic heterocycles. The zero-order chi connectivity index (χ0) is 21.3. The van der Waals surface area contributed by atoms with Crippen LogP contribution in [-0.4, -0.2) is 45.3 Å². The second-order valence-corrected chi connectivity index (χ2v) is 6.52. The molecule has 3 rings (SSSR count). The first kappa shape index (κ1) is 21.0. The number of benzene rings is 2. The molecule has 2 aromatic carbocycles. The summed E-state index contributed by atoms with van der Waals surface area (Å²) >= 11 is 0. The van der Waals surface area contributed by atoms with Crippen LogP contribution in [0.5, 0.6) is 23.0 Å². The molecule has 0 saturated carbocycles. The molecule has 1 aliphatic heterocycles. The summed E-state index contributed by atoms with van der Waals surface area (Å²) in [5.41, 5.74) is 6.88. The average Bonchev–Trinajstić information content (AvgIpc) is 2.76. The number of nitrogens with one attached hydrogen (secondary N) is 1. The van der Waals surface area contributed by atoms with Gasteiger partial charge in [0.1, 0.15) is 13.2 Å². The zero-order valence-electron chi connectivity index (χ0n) is 16.7. The Balaban J connectivity index is 1.50. The summed E-state index contributed by atoms with van der Waals surface area (Å²) in [5, 5.41) is 2.85. The Kier molecular flexibility index (Phi) is 7.15. The van der Waals surface area contributed by atoms with E-state index in [4.69, 9.17) is 24.7 Å². The third kappa shape index (κ3) is 5.91. The van der Waals surface area contributed by atoms with Crippen LogP contribution in [0, 0.1) is 0 Å². The molecule has 3 N–H and O–H groups in total. The molecule has 158 valence electrons. The highest BCUT2D eigenvalue weighted by molar-refractivity contribution is 5.91. The van der Waals surface area contributed by atoms with Gasteiger partial charge in [-0.25, -0.2) is 0 Å². The van der Waals surface area contributed by atoms with Crippen molar-refractivity contribution in [3.63, 3.8) is 0 Å². The summed E-state index contributed by atoms with van der Waals surface area (Å²) in [6.07, 6.45) is 3.79. The number of rotatable bonds is 9. The molecule has 0 atom stereocenters. The van der Waals surface area contributed by atoms with Crippen molar-refractivity contribution in [2.24, 2.45) is 5.73 Å². The molecule has 30 heavy (non-hydrogen) atoms. The van der Waals surface area contributed by atoms with E-state index < -0.39 is 5.91 Å².